The molecular weight excluding hydrogens is 358 g/mol. The van der Waals surface area contributed by atoms with Crippen LogP contribution < -0.4 is 5.32 Å². The maximum Gasteiger partial charge on any atom is 0.341 e. The fourth-order valence-corrected chi connectivity index (χ4v) is 2.97. The van der Waals surface area contributed by atoms with E-state index in [4.69, 9.17) is 9.47 Å². The first-order chi connectivity index (χ1) is 13.5. The second kappa shape index (κ2) is 10.6. The molecule has 0 aliphatic rings. The first-order valence-corrected chi connectivity index (χ1v) is 9.78. The molecule has 0 saturated heterocycles. The van der Waals surface area contributed by atoms with Crippen LogP contribution in [0.2, 0.25) is 0 Å². The number of benzene rings is 1. The van der Waals surface area contributed by atoms with Crippen molar-refractivity contribution in [1.29, 1.82) is 0 Å². The Morgan fingerprint density at radius 1 is 1.04 bits per heavy atom. The number of nitrogens with one attached hydrogen (secondary N) is 1. The van der Waals surface area contributed by atoms with Gasteiger partial charge in [-0.05, 0) is 45.1 Å². The minimum Gasteiger partial charge on any atom is -0.462 e. The Morgan fingerprint density at radius 3 is 2.36 bits per heavy atom. The molecule has 7 heteroatoms. The van der Waals surface area contributed by atoms with Crippen molar-refractivity contribution in [1.82, 2.24) is 9.88 Å². The summed E-state index contributed by atoms with van der Waals surface area (Å²) >= 11 is 0. The zero-order valence-corrected chi connectivity index (χ0v) is 17.1. The normalized spacial score (nSPS) is 10.9. The molecule has 1 aromatic heterocycles. The highest BCUT2D eigenvalue weighted by molar-refractivity contribution is 6.06. The van der Waals surface area contributed by atoms with E-state index < -0.39 is 11.9 Å². The van der Waals surface area contributed by atoms with Crippen molar-refractivity contribution in [2.45, 2.75) is 27.7 Å². The number of ether oxygens (including phenoxy) is 2. The molecule has 0 amide bonds. The van der Waals surface area contributed by atoms with Crippen LogP contribution in [0.25, 0.3) is 10.9 Å². The predicted molar refractivity (Wildman–Crippen MR) is 110 cm³/mol. The van der Waals surface area contributed by atoms with Gasteiger partial charge < -0.3 is 19.7 Å². The molecule has 1 heterocycles. The molecule has 1 N–H and O–H groups in total. The van der Waals surface area contributed by atoms with Crippen LogP contribution in [0, 0.1) is 0 Å². The Labute approximate surface area is 166 Å². The Hall–Kier alpha value is -2.67. The molecule has 0 atom stereocenters. The van der Waals surface area contributed by atoms with Crippen molar-refractivity contribution in [3.05, 3.63) is 35.5 Å². The second-order valence-corrected chi connectivity index (χ2v) is 6.17. The van der Waals surface area contributed by atoms with E-state index in [2.05, 4.69) is 29.0 Å². The number of likely N-dealkylation sites (N-methyl/N-ethyl adjacent to an activating group) is 1. The van der Waals surface area contributed by atoms with Gasteiger partial charge in [-0.1, -0.05) is 13.8 Å². The molecule has 1 aromatic carbocycles. The van der Waals surface area contributed by atoms with E-state index in [-0.39, 0.29) is 6.61 Å². The fraction of sp³-hybridized carbons (Fsp3) is 0.476. The molecule has 7 nitrogen and oxygen atoms in total. The Bertz CT molecular complexity index is 813. The summed E-state index contributed by atoms with van der Waals surface area (Å²) in [7, 11) is 0. The van der Waals surface area contributed by atoms with Gasteiger partial charge in [-0.15, -0.1) is 0 Å². The number of hydrogen-bond donors (Lipinski definition) is 1. The summed E-state index contributed by atoms with van der Waals surface area (Å²) in [5.41, 5.74) is 2.09. The van der Waals surface area contributed by atoms with Crippen LogP contribution >= 0.6 is 0 Å². The average Bonchev–Trinajstić information content (AvgIpc) is 2.71. The van der Waals surface area contributed by atoms with Crippen LogP contribution in [-0.2, 0) is 9.47 Å². The molecule has 0 aliphatic carbocycles. The number of anilines is 1. The van der Waals surface area contributed by atoms with Gasteiger partial charge >= 0.3 is 11.9 Å². The summed E-state index contributed by atoms with van der Waals surface area (Å²) in [4.78, 5) is 31.2. The first kappa shape index (κ1) is 21.6. The van der Waals surface area contributed by atoms with Crippen LogP contribution in [0.15, 0.2) is 24.4 Å². The lowest BCUT2D eigenvalue weighted by Gasteiger charge is -2.20. The molecule has 28 heavy (non-hydrogen) atoms. The quantitative estimate of drug-likeness (QED) is 0.626. The van der Waals surface area contributed by atoms with Crippen LogP contribution in [0.1, 0.15) is 48.4 Å². The maximum atomic E-state index is 12.4. The van der Waals surface area contributed by atoms with Crippen molar-refractivity contribution in [2.24, 2.45) is 0 Å². The third kappa shape index (κ3) is 5.19. The van der Waals surface area contributed by atoms with E-state index in [9.17, 15) is 9.59 Å². The van der Waals surface area contributed by atoms with Gasteiger partial charge in [0, 0.05) is 24.7 Å². The van der Waals surface area contributed by atoms with Gasteiger partial charge in [-0.2, -0.15) is 0 Å². The van der Waals surface area contributed by atoms with Gasteiger partial charge in [0.25, 0.3) is 0 Å². The molecule has 2 aromatic rings. The number of aromatic nitrogens is 1. The average molecular weight is 387 g/mol. The van der Waals surface area contributed by atoms with E-state index in [1.807, 2.05) is 0 Å². The maximum absolute atomic E-state index is 12.4. The first-order valence-electron chi connectivity index (χ1n) is 9.78. The van der Waals surface area contributed by atoms with Crippen LogP contribution in [0.4, 0.5) is 5.69 Å². The SMILES string of the molecule is CCOC(=O)c1ccc2ncc(C(=O)OCC)c(NCCN(CC)CC)c2c1. The van der Waals surface area contributed by atoms with E-state index in [1.54, 1.807) is 32.0 Å². The summed E-state index contributed by atoms with van der Waals surface area (Å²) in [6.07, 6.45) is 1.52. The van der Waals surface area contributed by atoms with Crippen LogP contribution in [0.3, 0.4) is 0 Å². The molecule has 0 saturated carbocycles. The molecular formula is C21H29N3O4. The van der Waals surface area contributed by atoms with Crippen LogP contribution in [0.5, 0.6) is 0 Å². The molecule has 152 valence electrons. The number of rotatable bonds is 10. The van der Waals surface area contributed by atoms with Gasteiger partial charge in [-0.25, -0.2) is 9.59 Å². The third-order valence-corrected chi connectivity index (χ3v) is 4.50. The number of pyridine rings is 1. The monoisotopic (exact) mass is 387 g/mol. The van der Waals surface area contributed by atoms with Gasteiger partial charge in [0.15, 0.2) is 0 Å². The lowest BCUT2D eigenvalue weighted by atomic mass is 10.1. The highest BCUT2D eigenvalue weighted by Gasteiger charge is 2.18. The van der Waals surface area contributed by atoms with Gasteiger partial charge in [0.05, 0.1) is 30.0 Å². The largest absolute Gasteiger partial charge is 0.462 e. The third-order valence-electron chi connectivity index (χ3n) is 4.50. The number of esters is 2. The number of fused-ring (bicyclic) bond motifs is 1. The van der Waals surface area contributed by atoms with Crippen molar-refractivity contribution in [3.8, 4) is 0 Å². The van der Waals surface area contributed by atoms with E-state index >= 15 is 0 Å². The van der Waals surface area contributed by atoms with Crippen molar-refractivity contribution < 1.29 is 19.1 Å². The number of nitrogens with zero attached hydrogens (tertiary/aromatic N) is 2. The summed E-state index contributed by atoms with van der Waals surface area (Å²) in [5, 5.41) is 4.05. The fourth-order valence-electron chi connectivity index (χ4n) is 2.97. The van der Waals surface area contributed by atoms with Crippen molar-refractivity contribution in [3.63, 3.8) is 0 Å². The molecule has 0 fully saturated rings. The highest BCUT2D eigenvalue weighted by Crippen LogP contribution is 2.28. The molecule has 0 radical (unpaired) electrons. The number of carbonyl (C=O) groups excluding carboxylic acids is 2. The zero-order valence-electron chi connectivity index (χ0n) is 17.1. The summed E-state index contributed by atoms with van der Waals surface area (Å²) < 4.78 is 10.3. The minimum atomic E-state index is -0.441. The number of hydrogen-bond acceptors (Lipinski definition) is 7. The summed E-state index contributed by atoms with van der Waals surface area (Å²) in [5.74, 6) is -0.844. The second-order valence-electron chi connectivity index (χ2n) is 6.17. The smallest absolute Gasteiger partial charge is 0.341 e. The molecule has 0 unspecified atom stereocenters. The minimum absolute atomic E-state index is 0.276. The van der Waals surface area contributed by atoms with Crippen LogP contribution in [-0.4, -0.2) is 61.2 Å². The van der Waals surface area contributed by atoms with E-state index in [0.29, 0.717) is 40.9 Å². The van der Waals surface area contributed by atoms with Crippen molar-refractivity contribution >= 4 is 28.5 Å². The van der Waals surface area contributed by atoms with Gasteiger partial charge in [-0.3, -0.25) is 4.98 Å². The zero-order chi connectivity index (χ0) is 20.5. The van der Waals surface area contributed by atoms with Crippen molar-refractivity contribution in [2.75, 3.05) is 44.7 Å². The Morgan fingerprint density at radius 2 is 1.71 bits per heavy atom. The lowest BCUT2D eigenvalue weighted by Crippen LogP contribution is -2.29. The Balaban J connectivity index is 2.45. The lowest BCUT2D eigenvalue weighted by molar-refractivity contribution is 0.0518. The molecule has 0 aliphatic heterocycles. The van der Waals surface area contributed by atoms with Gasteiger partial charge in [0.1, 0.15) is 5.56 Å². The Kier molecular flexibility index (Phi) is 8.19. The van der Waals surface area contributed by atoms with E-state index in [1.165, 1.54) is 6.20 Å². The number of carbonyl (C=O) groups is 2. The van der Waals surface area contributed by atoms with E-state index in [0.717, 1.165) is 19.6 Å². The van der Waals surface area contributed by atoms with Gasteiger partial charge in [0.2, 0.25) is 0 Å². The summed E-state index contributed by atoms with van der Waals surface area (Å²) in [6, 6.07) is 5.14. The standard InChI is InChI=1S/C21H29N3O4/c1-5-24(6-2)12-11-22-19-16-13-15(20(25)27-7-3)9-10-18(16)23-14-17(19)21(26)28-8-4/h9-10,13-14H,5-8,11-12H2,1-4H3,(H,22,23). The topological polar surface area (TPSA) is 80.8 Å². The molecule has 2 rings (SSSR count). The molecule has 0 bridgehead atoms. The summed E-state index contributed by atoms with van der Waals surface area (Å²) in [6.45, 7) is 11.7. The predicted octanol–water partition coefficient (Wildman–Crippen LogP) is 3.34. The highest BCUT2D eigenvalue weighted by atomic mass is 16.5. The molecule has 0 spiro atoms.